The summed E-state index contributed by atoms with van der Waals surface area (Å²) < 4.78 is 52.7. The number of anilines is 1. The SMILES string of the molecule is C[C@@H](C(=O)NC(C)(C)C)N(Cc1ccccc1Cl)C(=O)CN(c1ccc(F)c(F)c1)S(C)(=O)=O. The fourth-order valence-corrected chi connectivity index (χ4v) is 4.16. The Kier molecular flexibility index (Phi) is 8.65. The molecule has 0 radical (unpaired) electrons. The summed E-state index contributed by atoms with van der Waals surface area (Å²) in [6.45, 7) is 6.05. The second-order valence-electron chi connectivity index (χ2n) is 8.90. The minimum atomic E-state index is -4.06. The molecular weight excluding hydrogens is 488 g/mol. The molecule has 2 rings (SSSR count). The van der Waals surface area contributed by atoms with E-state index in [1.54, 1.807) is 45.0 Å². The summed E-state index contributed by atoms with van der Waals surface area (Å²) in [5.41, 5.74) is -0.250. The lowest BCUT2D eigenvalue weighted by molar-refractivity contribution is -0.140. The number of benzene rings is 2. The molecule has 1 atom stereocenters. The maximum absolute atomic E-state index is 13.8. The molecule has 0 unspecified atom stereocenters. The second kappa shape index (κ2) is 10.7. The van der Waals surface area contributed by atoms with Gasteiger partial charge in [-0.1, -0.05) is 29.8 Å². The summed E-state index contributed by atoms with van der Waals surface area (Å²) in [7, 11) is -4.06. The van der Waals surface area contributed by atoms with Crippen molar-refractivity contribution in [3.05, 3.63) is 64.7 Å². The van der Waals surface area contributed by atoms with Gasteiger partial charge >= 0.3 is 0 Å². The van der Waals surface area contributed by atoms with Crippen LogP contribution in [0, 0.1) is 11.6 Å². The molecule has 1 N–H and O–H groups in total. The Morgan fingerprint density at radius 1 is 1.09 bits per heavy atom. The van der Waals surface area contributed by atoms with E-state index in [9.17, 15) is 26.8 Å². The second-order valence-corrected chi connectivity index (χ2v) is 11.2. The van der Waals surface area contributed by atoms with Crippen LogP contribution in [0.2, 0.25) is 5.02 Å². The zero-order valence-corrected chi connectivity index (χ0v) is 21.2. The molecule has 34 heavy (non-hydrogen) atoms. The number of rotatable bonds is 8. The van der Waals surface area contributed by atoms with Crippen molar-refractivity contribution in [2.24, 2.45) is 0 Å². The Bertz CT molecular complexity index is 1170. The molecule has 2 aromatic rings. The molecule has 0 aliphatic carbocycles. The fourth-order valence-electron chi connectivity index (χ4n) is 3.12. The number of amides is 2. The third kappa shape index (κ3) is 7.39. The molecule has 0 heterocycles. The number of hydrogen-bond acceptors (Lipinski definition) is 4. The quantitative estimate of drug-likeness (QED) is 0.580. The van der Waals surface area contributed by atoms with Crippen molar-refractivity contribution in [2.45, 2.75) is 45.8 Å². The largest absolute Gasteiger partial charge is 0.350 e. The van der Waals surface area contributed by atoms with Crippen LogP contribution in [0.4, 0.5) is 14.5 Å². The van der Waals surface area contributed by atoms with Gasteiger partial charge in [-0.3, -0.25) is 13.9 Å². The van der Waals surface area contributed by atoms with Gasteiger partial charge in [0.2, 0.25) is 21.8 Å². The van der Waals surface area contributed by atoms with Crippen LogP contribution in [-0.4, -0.2) is 49.5 Å². The number of nitrogens with one attached hydrogen (secondary N) is 1. The predicted octanol–water partition coefficient (Wildman–Crippen LogP) is 3.72. The third-order valence-corrected chi connectivity index (χ3v) is 6.34. The van der Waals surface area contributed by atoms with Crippen molar-refractivity contribution in [1.82, 2.24) is 10.2 Å². The van der Waals surface area contributed by atoms with Crippen LogP contribution in [0.3, 0.4) is 0 Å². The first-order valence-electron chi connectivity index (χ1n) is 10.4. The van der Waals surface area contributed by atoms with E-state index >= 15 is 0 Å². The highest BCUT2D eigenvalue weighted by molar-refractivity contribution is 7.92. The summed E-state index contributed by atoms with van der Waals surface area (Å²) >= 11 is 6.25. The highest BCUT2D eigenvalue weighted by Gasteiger charge is 2.32. The van der Waals surface area contributed by atoms with Gasteiger partial charge in [-0.15, -0.1) is 0 Å². The fraction of sp³-hybridized carbons (Fsp3) is 0.391. The third-order valence-electron chi connectivity index (χ3n) is 4.83. The number of nitrogens with zero attached hydrogens (tertiary/aromatic N) is 2. The summed E-state index contributed by atoms with van der Waals surface area (Å²) in [6, 6.07) is 8.27. The molecule has 2 aromatic carbocycles. The number of sulfonamides is 1. The molecular formula is C23H28ClF2N3O4S. The molecule has 0 saturated carbocycles. The average Bonchev–Trinajstić information content (AvgIpc) is 2.70. The zero-order chi connectivity index (χ0) is 25.8. The Labute approximate surface area is 203 Å². The van der Waals surface area contributed by atoms with Crippen LogP contribution < -0.4 is 9.62 Å². The van der Waals surface area contributed by atoms with Crippen LogP contribution in [0.15, 0.2) is 42.5 Å². The zero-order valence-electron chi connectivity index (χ0n) is 19.6. The van der Waals surface area contributed by atoms with Gasteiger partial charge in [-0.25, -0.2) is 17.2 Å². The minimum absolute atomic E-state index is 0.0768. The Morgan fingerprint density at radius 2 is 1.71 bits per heavy atom. The summed E-state index contributed by atoms with van der Waals surface area (Å²) in [4.78, 5) is 27.4. The summed E-state index contributed by atoms with van der Waals surface area (Å²) in [5, 5.41) is 3.16. The molecule has 2 amide bonds. The van der Waals surface area contributed by atoms with Gasteiger partial charge in [0, 0.05) is 23.2 Å². The van der Waals surface area contributed by atoms with Crippen molar-refractivity contribution in [1.29, 1.82) is 0 Å². The van der Waals surface area contributed by atoms with Crippen LogP contribution >= 0.6 is 11.6 Å². The van der Waals surface area contributed by atoms with Crippen molar-refractivity contribution in [2.75, 3.05) is 17.1 Å². The maximum atomic E-state index is 13.8. The van der Waals surface area contributed by atoms with E-state index in [1.807, 2.05) is 0 Å². The molecule has 0 bridgehead atoms. The smallest absolute Gasteiger partial charge is 0.244 e. The van der Waals surface area contributed by atoms with E-state index in [0.717, 1.165) is 18.4 Å². The van der Waals surface area contributed by atoms with Gasteiger partial charge in [0.25, 0.3) is 0 Å². The minimum Gasteiger partial charge on any atom is -0.350 e. The van der Waals surface area contributed by atoms with Crippen molar-refractivity contribution in [3.63, 3.8) is 0 Å². The summed E-state index contributed by atoms with van der Waals surface area (Å²) in [6.07, 6.45) is 0.843. The first-order valence-corrected chi connectivity index (χ1v) is 12.6. The van der Waals surface area contributed by atoms with E-state index in [0.29, 0.717) is 21.0 Å². The van der Waals surface area contributed by atoms with Gasteiger partial charge < -0.3 is 10.2 Å². The predicted molar refractivity (Wildman–Crippen MR) is 128 cm³/mol. The van der Waals surface area contributed by atoms with Crippen LogP contribution in [0.25, 0.3) is 0 Å². The lowest BCUT2D eigenvalue weighted by Crippen LogP contribution is -2.54. The van der Waals surface area contributed by atoms with E-state index in [2.05, 4.69) is 5.32 Å². The molecule has 0 spiro atoms. The van der Waals surface area contributed by atoms with Crippen LogP contribution in [-0.2, 0) is 26.2 Å². The molecule has 11 heteroatoms. The standard InChI is InChI=1S/C23H28ClF2N3O4S/c1-15(22(31)27-23(2,3)4)28(13-16-8-6-7-9-18(16)24)21(30)14-29(34(5,32)33)17-10-11-19(25)20(26)12-17/h6-12,15H,13-14H2,1-5H3,(H,27,31)/t15-/m0/s1. The van der Waals surface area contributed by atoms with Crippen molar-refractivity contribution >= 4 is 39.1 Å². The highest BCUT2D eigenvalue weighted by atomic mass is 35.5. The number of hydrogen-bond donors (Lipinski definition) is 1. The molecule has 0 aliphatic heterocycles. The monoisotopic (exact) mass is 515 g/mol. The highest BCUT2D eigenvalue weighted by Crippen LogP contribution is 2.23. The van der Waals surface area contributed by atoms with Gasteiger partial charge in [0.15, 0.2) is 11.6 Å². The van der Waals surface area contributed by atoms with Crippen molar-refractivity contribution < 1.29 is 26.8 Å². The number of carbonyl (C=O) groups excluding carboxylic acids is 2. The van der Waals surface area contributed by atoms with E-state index in [-0.39, 0.29) is 12.2 Å². The first kappa shape index (κ1) is 27.5. The molecule has 0 aliphatic rings. The molecule has 0 fully saturated rings. The van der Waals surface area contributed by atoms with Crippen LogP contribution in [0.5, 0.6) is 0 Å². The first-order chi connectivity index (χ1) is 15.6. The Morgan fingerprint density at radius 3 is 2.24 bits per heavy atom. The van der Waals surface area contributed by atoms with Gasteiger partial charge in [0.05, 0.1) is 11.9 Å². The topological polar surface area (TPSA) is 86.8 Å². The van der Waals surface area contributed by atoms with Gasteiger partial charge in [-0.2, -0.15) is 0 Å². The summed E-state index contributed by atoms with van der Waals surface area (Å²) in [5.74, 6) is -3.60. The van der Waals surface area contributed by atoms with E-state index in [4.69, 9.17) is 11.6 Å². The Balaban J connectivity index is 2.44. The van der Waals surface area contributed by atoms with Gasteiger partial charge in [0.1, 0.15) is 12.6 Å². The molecule has 0 aromatic heterocycles. The van der Waals surface area contributed by atoms with Crippen LogP contribution in [0.1, 0.15) is 33.3 Å². The lowest BCUT2D eigenvalue weighted by atomic mass is 10.1. The normalized spacial score (nSPS) is 12.7. The number of carbonyl (C=O) groups is 2. The van der Waals surface area contributed by atoms with Crippen molar-refractivity contribution in [3.8, 4) is 0 Å². The lowest BCUT2D eigenvalue weighted by Gasteiger charge is -2.33. The van der Waals surface area contributed by atoms with E-state index < -0.39 is 51.6 Å². The Hall–Kier alpha value is -2.72. The maximum Gasteiger partial charge on any atom is 0.244 e. The average molecular weight is 516 g/mol. The number of halogens is 3. The van der Waals surface area contributed by atoms with Gasteiger partial charge in [-0.05, 0) is 51.5 Å². The molecule has 7 nitrogen and oxygen atoms in total. The molecule has 0 saturated heterocycles. The molecule has 186 valence electrons. The van der Waals surface area contributed by atoms with E-state index in [1.165, 1.54) is 11.8 Å².